The van der Waals surface area contributed by atoms with Crippen molar-refractivity contribution in [3.63, 3.8) is 0 Å². The average Bonchev–Trinajstić information content (AvgIpc) is 2.17. The molecule has 0 aliphatic carbocycles. The quantitative estimate of drug-likeness (QED) is 0.484. The molecule has 0 amide bonds. The van der Waals surface area contributed by atoms with E-state index < -0.39 is 6.00 Å². The third-order valence-corrected chi connectivity index (χ3v) is 4.91. The lowest BCUT2D eigenvalue weighted by Crippen LogP contribution is -2.34. The van der Waals surface area contributed by atoms with Crippen LogP contribution in [0.1, 0.15) is 18.9 Å². The molecular formula is C10H10Cl3NOSi. The molecule has 0 aliphatic heterocycles. The van der Waals surface area contributed by atoms with Crippen LogP contribution in [0.5, 0.6) is 5.75 Å². The number of ether oxygens (including phenoxy) is 1. The van der Waals surface area contributed by atoms with Crippen molar-refractivity contribution in [1.82, 2.24) is 0 Å². The summed E-state index contributed by atoms with van der Waals surface area (Å²) in [4.78, 5) is 0. The van der Waals surface area contributed by atoms with E-state index in [0.717, 1.165) is 18.4 Å². The van der Waals surface area contributed by atoms with Gasteiger partial charge in [-0.2, -0.15) is 0 Å². The van der Waals surface area contributed by atoms with Crippen LogP contribution >= 0.6 is 33.2 Å². The van der Waals surface area contributed by atoms with E-state index in [-0.39, 0.29) is 0 Å². The molecule has 1 rings (SSSR count). The van der Waals surface area contributed by atoms with Crippen molar-refractivity contribution in [3.05, 3.63) is 23.8 Å². The second kappa shape index (κ2) is 5.79. The molecule has 6 heteroatoms. The third-order valence-electron chi connectivity index (χ3n) is 2.07. The van der Waals surface area contributed by atoms with Crippen molar-refractivity contribution in [2.45, 2.75) is 19.8 Å². The molecule has 0 heterocycles. The number of nitriles is 1. The molecule has 0 aromatic heterocycles. The molecule has 1 aromatic rings. The van der Waals surface area contributed by atoms with Gasteiger partial charge in [0.25, 0.3) is 6.26 Å². The maximum atomic E-state index is 8.54. The molecule has 0 saturated carbocycles. The molecule has 0 spiro atoms. The first kappa shape index (κ1) is 13.7. The number of nitrogens with zero attached hydrogens (tertiary/aromatic N) is 1. The highest BCUT2D eigenvalue weighted by Crippen LogP contribution is 2.27. The maximum absolute atomic E-state index is 8.54. The zero-order valence-corrected chi connectivity index (χ0v) is 11.9. The van der Waals surface area contributed by atoms with Gasteiger partial charge >= 0.3 is 6.00 Å². The Morgan fingerprint density at radius 3 is 2.56 bits per heavy atom. The Morgan fingerprint density at radius 1 is 1.38 bits per heavy atom. The molecule has 1 aromatic carbocycles. The number of hydrogen-bond acceptors (Lipinski definition) is 2. The summed E-state index contributed by atoms with van der Waals surface area (Å²) in [5, 5.41) is 9.13. The summed E-state index contributed by atoms with van der Waals surface area (Å²) in [5.41, 5.74) is 0.946. The van der Waals surface area contributed by atoms with Crippen LogP contribution in [-0.4, -0.2) is 6.00 Å². The summed E-state index contributed by atoms with van der Waals surface area (Å²) >= 11 is 18.1. The van der Waals surface area contributed by atoms with Gasteiger partial charge in [0.1, 0.15) is 5.75 Å². The normalized spacial score (nSPS) is 10.9. The Labute approximate surface area is 110 Å². The van der Waals surface area contributed by atoms with E-state index in [1.54, 1.807) is 18.4 Å². The average molecular weight is 295 g/mol. The monoisotopic (exact) mass is 293 g/mol. The van der Waals surface area contributed by atoms with E-state index in [0.29, 0.717) is 10.9 Å². The predicted octanol–water partition coefficient (Wildman–Crippen LogP) is 3.36. The van der Waals surface area contributed by atoms with Crippen molar-refractivity contribution < 1.29 is 4.74 Å². The second-order valence-electron chi connectivity index (χ2n) is 3.23. The maximum Gasteiger partial charge on any atom is 0.376 e. The Hall–Kier alpha value is -0.403. The van der Waals surface area contributed by atoms with Crippen LogP contribution in [0.3, 0.4) is 0 Å². The van der Waals surface area contributed by atoms with Crippen molar-refractivity contribution >= 4 is 44.4 Å². The van der Waals surface area contributed by atoms with Crippen molar-refractivity contribution in [2.75, 3.05) is 0 Å². The Morgan fingerprint density at radius 2 is 2.06 bits per heavy atom. The van der Waals surface area contributed by atoms with Crippen LogP contribution in [0.25, 0.3) is 0 Å². The molecule has 0 aliphatic rings. The standard InChI is InChI=1S/C10H10Cl3NOSi/c1-2-4-8-5-3-6-9(15-7-14)10(8)16(11,12)13/h3,5-6H,2,4H2,1H3. The van der Waals surface area contributed by atoms with E-state index in [1.165, 1.54) is 0 Å². The van der Waals surface area contributed by atoms with Crippen LogP contribution in [0.4, 0.5) is 0 Å². The molecule has 0 atom stereocenters. The summed E-state index contributed by atoms with van der Waals surface area (Å²) in [7, 11) is 0. The van der Waals surface area contributed by atoms with Crippen LogP contribution in [-0.2, 0) is 6.42 Å². The van der Waals surface area contributed by atoms with Gasteiger partial charge in [-0.25, -0.2) is 0 Å². The third kappa shape index (κ3) is 3.29. The number of benzene rings is 1. The molecule has 2 nitrogen and oxygen atoms in total. The van der Waals surface area contributed by atoms with Gasteiger partial charge in [-0.15, -0.1) is 38.5 Å². The molecular weight excluding hydrogens is 285 g/mol. The number of aryl methyl sites for hydroxylation is 1. The highest BCUT2D eigenvalue weighted by atomic mass is 35.8. The fraction of sp³-hybridized carbons (Fsp3) is 0.300. The zero-order chi connectivity index (χ0) is 12.2. The zero-order valence-electron chi connectivity index (χ0n) is 8.64. The van der Waals surface area contributed by atoms with Crippen molar-refractivity contribution in [1.29, 1.82) is 5.26 Å². The lowest BCUT2D eigenvalue weighted by atomic mass is 10.1. The second-order valence-corrected chi connectivity index (χ2v) is 11.6. The Kier molecular flexibility index (Phi) is 4.94. The molecule has 0 fully saturated rings. The van der Waals surface area contributed by atoms with Crippen LogP contribution in [0.2, 0.25) is 0 Å². The molecule has 0 N–H and O–H groups in total. The molecule has 0 radical (unpaired) electrons. The minimum absolute atomic E-state index is 0.361. The van der Waals surface area contributed by atoms with Gasteiger partial charge in [0, 0.05) is 5.19 Å². The lowest BCUT2D eigenvalue weighted by molar-refractivity contribution is 0.510. The molecule has 0 saturated heterocycles. The van der Waals surface area contributed by atoms with Crippen molar-refractivity contribution in [2.24, 2.45) is 0 Å². The first-order valence-corrected chi connectivity index (χ1v) is 9.79. The van der Waals surface area contributed by atoms with Gasteiger partial charge in [-0.1, -0.05) is 25.5 Å². The van der Waals surface area contributed by atoms with E-state index in [4.69, 9.17) is 43.2 Å². The van der Waals surface area contributed by atoms with Gasteiger partial charge in [-0.3, -0.25) is 0 Å². The van der Waals surface area contributed by atoms with Crippen LogP contribution in [0.15, 0.2) is 18.2 Å². The van der Waals surface area contributed by atoms with Gasteiger partial charge in [-0.05, 0) is 18.1 Å². The number of rotatable bonds is 4. The molecule has 0 unspecified atom stereocenters. The SMILES string of the molecule is CCCc1cccc(OC#N)c1[Si](Cl)(Cl)Cl. The summed E-state index contributed by atoms with van der Waals surface area (Å²) in [6, 6.07) is 2.29. The summed E-state index contributed by atoms with van der Waals surface area (Å²) < 4.78 is 4.84. The fourth-order valence-corrected chi connectivity index (χ4v) is 4.43. The number of hydrogen-bond donors (Lipinski definition) is 0. The van der Waals surface area contributed by atoms with Gasteiger partial charge in [0.15, 0.2) is 0 Å². The Bertz CT molecular complexity index is 412. The van der Waals surface area contributed by atoms with Crippen LogP contribution < -0.4 is 9.92 Å². The largest absolute Gasteiger partial charge is 0.388 e. The minimum Gasteiger partial charge on any atom is -0.388 e. The summed E-state index contributed by atoms with van der Waals surface area (Å²) in [6.07, 6.45) is 3.36. The van der Waals surface area contributed by atoms with Gasteiger partial charge in [0.2, 0.25) is 0 Å². The first-order valence-electron chi connectivity index (χ1n) is 4.75. The van der Waals surface area contributed by atoms with Crippen molar-refractivity contribution in [3.8, 4) is 12.0 Å². The van der Waals surface area contributed by atoms with Gasteiger partial charge in [0.05, 0.1) is 0 Å². The van der Waals surface area contributed by atoms with Crippen LogP contribution in [0, 0.1) is 11.5 Å². The first-order chi connectivity index (χ1) is 7.50. The molecule has 16 heavy (non-hydrogen) atoms. The van der Waals surface area contributed by atoms with E-state index in [2.05, 4.69) is 0 Å². The summed E-state index contributed by atoms with van der Waals surface area (Å²) in [6.45, 7) is 2.04. The minimum atomic E-state index is -3.06. The van der Waals surface area contributed by atoms with Gasteiger partial charge < -0.3 is 4.74 Å². The fourth-order valence-electron chi connectivity index (χ4n) is 1.51. The topological polar surface area (TPSA) is 33.0 Å². The molecule has 0 bridgehead atoms. The Balaban J connectivity index is 3.30. The molecule has 86 valence electrons. The highest BCUT2D eigenvalue weighted by Gasteiger charge is 2.34. The van der Waals surface area contributed by atoms with E-state index in [1.807, 2.05) is 13.0 Å². The highest BCUT2D eigenvalue weighted by molar-refractivity contribution is 7.69. The van der Waals surface area contributed by atoms with E-state index in [9.17, 15) is 0 Å². The predicted molar refractivity (Wildman–Crippen MR) is 69.6 cm³/mol. The lowest BCUT2D eigenvalue weighted by Gasteiger charge is -2.16. The summed E-state index contributed by atoms with van der Waals surface area (Å²) in [5.74, 6) is 0.361. The number of halogens is 3. The van der Waals surface area contributed by atoms with E-state index >= 15 is 0 Å². The smallest absolute Gasteiger partial charge is 0.376 e.